The molecule has 0 bridgehead atoms. The third kappa shape index (κ3) is 5.04. The first-order valence-corrected chi connectivity index (χ1v) is 8.76. The quantitative estimate of drug-likeness (QED) is 0.658. The van der Waals surface area contributed by atoms with E-state index in [-0.39, 0.29) is 12.7 Å². The fraction of sp³-hybridized carbons (Fsp3) is 0.350. The summed E-state index contributed by atoms with van der Waals surface area (Å²) < 4.78 is 21.1. The van der Waals surface area contributed by atoms with E-state index in [1.807, 2.05) is 36.4 Å². The van der Waals surface area contributed by atoms with Gasteiger partial charge in [0.15, 0.2) is 23.0 Å². The first kappa shape index (κ1) is 18.8. The van der Waals surface area contributed by atoms with Crippen LogP contribution in [0.15, 0.2) is 36.4 Å². The Morgan fingerprint density at radius 2 is 1.70 bits per heavy atom. The van der Waals surface area contributed by atoms with Crippen LogP contribution in [0.2, 0.25) is 0 Å². The molecule has 0 atom stereocenters. The normalized spacial score (nSPS) is 11.9. The molecular weight excluding hydrogens is 348 g/mol. The summed E-state index contributed by atoms with van der Waals surface area (Å²) in [5.41, 5.74) is 2.04. The molecule has 3 rings (SSSR count). The molecular formula is C20H24N2O5. The van der Waals surface area contributed by atoms with Crippen molar-refractivity contribution in [1.29, 1.82) is 0 Å². The molecule has 0 fully saturated rings. The molecule has 1 amide bonds. The number of carbonyl (C=O) groups excluding carboxylic acids is 1. The highest BCUT2D eigenvalue weighted by atomic mass is 16.7. The molecule has 2 N–H and O–H groups in total. The maximum Gasteiger partial charge on any atom is 0.231 e. The number of benzene rings is 2. The minimum atomic E-state index is -0.0111. The second-order valence-corrected chi connectivity index (χ2v) is 6.08. The van der Waals surface area contributed by atoms with Crippen LogP contribution >= 0.6 is 0 Å². The van der Waals surface area contributed by atoms with E-state index >= 15 is 0 Å². The number of amides is 1. The Morgan fingerprint density at radius 1 is 0.963 bits per heavy atom. The van der Waals surface area contributed by atoms with Gasteiger partial charge in [0.05, 0.1) is 14.2 Å². The number of hydrogen-bond donors (Lipinski definition) is 2. The number of ether oxygens (including phenoxy) is 4. The van der Waals surface area contributed by atoms with E-state index in [4.69, 9.17) is 18.9 Å². The third-order valence-corrected chi connectivity index (χ3v) is 4.23. The van der Waals surface area contributed by atoms with Gasteiger partial charge >= 0.3 is 0 Å². The first-order valence-electron chi connectivity index (χ1n) is 8.76. The van der Waals surface area contributed by atoms with Crippen molar-refractivity contribution in [2.24, 2.45) is 0 Å². The van der Waals surface area contributed by atoms with E-state index in [9.17, 15) is 4.79 Å². The number of nitrogens with one attached hydrogen (secondary N) is 2. The van der Waals surface area contributed by atoms with Crippen molar-refractivity contribution in [3.8, 4) is 23.0 Å². The molecule has 0 radical (unpaired) electrons. The Balaban J connectivity index is 1.37. The Hall–Kier alpha value is -2.93. The maximum absolute atomic E-state index is 12.0. The van der Waals surface area contributed by atoms with Crippen LogP contribution in [0.1, 0.15) is 17.5 Å². The second kappa shape index (κ2) is 9.14. The summed E-state index contributed by atoms with van der Waals surface area (Å²) in [5.74, 6) is 2.84. The average molecular weight is 372 g/mol. The lowest BCUT2D eigenvalue weighted by molar-refractivity contribution is -0.121. The van der Waals surface area contributed by atoms with Gasteiger partial charge in [-0.3, -0.25) is 4.79 Å². The van der Waals surface area contributed by atoms with Gasteiger partial charge < -0.3 is 29.6 Å². The standard InChI is InChI=1S/C20H24N2O5/c1-24-16-5-3-15(9-18(16)25-2)12-22-20(23)7-8-21-11-14-4-6-17-19(10-14)27-13-26-17/h3-6,9-10,21H,7-8,11-13H2,1-2H3,(H,22,23). The molecule has 0 saturated carbocycles. The van der Waals surface area contributed by atoms with Crippen molar-refractivity contribution in [2.45, 2.75) is 19.5 Å². The van der Waals surface area contributed by atoms with Crippen LogP contribution in [-0.2, 0) is 17.9 Å². The van der Waals surface area contributed by atoms with Gasteiger partial charge in [0.25, 0.3) is 0 Å². The lowest BCUT2D eigenvalue weighted by Gasteiger charge is -2.10. The van der Waals surface area contributed by atoms with Crippen LogP contribution in [0, 0.1) is 0 Å². The van der Waals surface area contributed by atoms with Crippen LogP contribution in [0.25, 0.3) is 0 Å². The summed E-state index contributed by atoms with van der Waals surface area (Å²) in [7, 11) is 3.18. The zero-order valence-corrected chi connectivity index (χ0v) is 15.5. The topological polar surface area (TPSA) is 78.1 Å². The van der Waals surface area contributed by atoms with Crippen molar-refractivity contribution in [3.05, 3.63) is 47.5 Å². The lowest BCUT2D eigenvalue weighted by Crippen LogP contribution is -2.27. The molecule has 0 aliphatic carbocycles. The van der Waals surface area contributed by atoms with Crippen molar-refractivity contribution >= 4 is 5.91 Å². The monoisotopic (exact) mass is 372 g/mol. The minimum Gasteiger partial charge on any atom is -0.493 e. The van der Waals surface area contributed by atoms with Gasteiger partial charge in [-0.05, 0) is 35.4 Å². The molecule has 1 aliphatic rings. The smallest absolute Gasteiger partial charge is 0.231 e. The lowest BCUT2D eigenvalue weighted by atomic mass is 10.2. The van der Waals surface area contributed by atoms with Crippen LogP contribution in [-0.4, -0.2) is 33.5 Å². The molecule has 0 spiro atoms. The summed E-state index contributed by atoms with van der Waals surface area (Å²) in [6.07, 6.45) is 0.401. The Kier molecular flexibility index (Phi) is 6.38. The Bertz CT molecular complexity index is 794. The van der Waals surface area contributed by atoms with E-state index in [0.29, 0.717) is 37.6 Å². The molecule has 0 saturated heterocycles. The fourth-order valence-corrected chi connectivity index (χ4v) is 2.77. The minimum absolute atomic E-state index is 0.0111. The van der Waals surface area contributed by atoms with Gasteiger partial charge in [-0.2, -0.15) is 0 Å². The maximum atomic E-state index is 12.0. The molecule has 2 aromatic rings. The highest BCUT2D eigenvalue weighted by Gasteiger charge is 2.13. The van der Waals surface area contributed by atoms with E-state index in [1.165, 1.54) is 0 Å². The predicted molar refractivity (Wildman–Crippen MR) is 100 cm³/mol. The van der Waals surface area contributed by atoms with Crippen LogP contribution in [0.3, 0.4) is 0 Å². The summed E-state index contributed by atoms with van der Waals surface area (Å²) in [5, 5.41) is 6.17. The van der Waals surface area contributed by atoms with E-state index in [1.54, 1.807) is 14.2 Å². The molecule has 144 valence electrons. The number of rotatable bonds is 9. The molecule has 27 heavy (non-hydrogen) atoms. The van der Waals surface area contributed by atoms with Crippen molar-refractivity contribution in [1.82, 2.24) is 10.6 Å². The molecule has 7 nitrogen and oxygen atoms in total. The summed E-state index contributed by atoms with van der Waals surface area (Å²) in [6, 6.07) is 11.4. The fourth-order valence-electron chi connectivity index (χ4n) is 2.77. The highest BCUT2D eigenvalue weighted by molar-refractivity contribution is 5.76. The number of hydrogen-bond acceptors (Lipinski definition) is 6. The van der Waals surface area contributed by atoms with Gasteiger partial charge in [0.1, 0.15) is 0 Å². The number of carbonyl (C=O) groups is 1. The largest absolute Gasteiger partial charge is 0.493 e. The number of fused-ring (bicyclic) bond motifs is 1. The number of methoxy groups -OCH3 is 2. The van der Waals surface area contributed by atoms with Gasteiger partial charge in [0, 0.05) is 26.1 Å². The van der Waals surface area contributed by atoms with Gasteiger partial charge in [-0.25, -0.2) is 0 Å². The zero-order valence-electron chi connectivity index (χ0n) is 15.5. The summed E-state index contributed by atoms with van der Waals surface area (Å²) in [4.78, 5) is 12.0. The van der Waals surface area contributed by atoms with Crippen molar-refractivity contribution in [2.75, 3.05) is 27.6 Å². The molecule has 7 heteroatoms. The molecule has 0 aromatic heterocycles. The summed E-state index contributed by atoms with van der Waals surface area (Å²) >= 11 is 0. The van der Waals surface area contributed by atoms with Gasteiger partial charge in [-0.1, -0.05) is 12.1 Å². The predicted octanol–water partition coefficient (Wildman–Crippen LogP) is 2.23. The molecule has 1 aliphatic heterocycles. The van der Waals surface area contributed by atoms with Crippen LogP contribution in [0.4, 0.5) is 0 Å². The van der Waals surface area contributed by atoms with Crippen molar-refractivity contribution < 1.29 is 23.7 Å². The molecule has 1 heterocycles. The van der Waals surface area contributed by atoms with Crippen LogP contribution < -0.4 is 29.6 Å². The van der Waals surface area contributed by atoms with Crippen LogP contribution in [0.5, 0.6) is 23.0 Å². The Morgan fingerprint density at radius 3 is 2.52 bits per heavy atom. The Labute approximate surface area is 158 Å². The third-order valence-electron chi connectivity index (χ3n) is 4.23. The first-order chi connectivity index (χ1) is 13.2. The molecule has 2 aromatic carbocycles. The molecule has 0 unspecified atom stereocenters. The highest BCUT2D eigenvalue weighted by Crippen LogP contribution is 2.32. The summed E-state index contributed by atoms with van der Waals surface area (Å²) in [6.45, 7) is 1.97. The van der Waals surface area contributed by atoms with E-state index < -0.39 is 0 Å². The SMILES string of the molecule is COc1ccc(CNC(=O)CCNCc2ccc3c(c2)OCO3)cc1OC. The average Bonchev–Trinajstić information content (AvgIpc) is 3.17. The van der Waals surface area contributed by atoms with Gasteiger partial charge in [0.2, 0.25) is 12.7 Å². The van der Waals surface area contributed by atoms with Gasteiger partial charge in [-0.15, -0.1) is 0 Å². The van der Waals surface area contributed by atoms with E-state index in [0.717, 1.165) is 22.6 Å². The van der Waals surface area contributed by atoms with E-state index in [2.05, 4.69) is 10.6 Å². The van der Waals surface area contributed by atoms with Crippen molar-refractivity contribution in [3.63, 3.8) is 0 Å². The second-order valence-electron chi connectivity index (χ2n) is 6.08. The zero-order chi connectivity index (χ0) is 19.1.